The van der Waals surface area contributed by atoms with Gasteiger partial charge in [0.2, 0.25) is 0 Å². The lowest BCUT2D eigenvalue weighted by Gasteiger charge is -2.29. The molecule has 2 aliphatic rings. The van der Waals surface area contributed by atoms with Crippen LogP contribution in [0.1, 0.15) is 51.8 Å². The molecule has 1 saturated heterocycles. The summed E-state index contributed by atoms with van der Waals surface area (Å²) in [5.41, 5.74) is 7.56. The van der Waals surface area contributed by atoms with Gasteiger partial charge in [-0.05, 0) is 64.0 Å². The summed E-state index contributed by atoms with van der Waals surface area (Å²) < 4.78 is 11.5. The van der Waals surface area contributed by atoms with Crippen LogP contribution in [0.2, 0.25) is 0 Å². The van der Waals surface area contributed by atoms with Gasteiger partial charge in [-0.1, -0.05) is 0 Å². The Balaban J connectivity index is 1.35. The number of nitrogens with two attached hydrogens (primary N) is 1. The van der Waals surface area contributed by atoms with Crippen LogP contribution in [0, 0.1) is 0 Å². The van der Waals surface area contributed by atoms with E-state index in [-0.39, 0.29) is 12.1 Å². The molecule has 2 aliphatic heterocycles. The molecular weight excluding hydrogens is 412 g/mol. The second-order valence-corrected chi connectivity index (χ2v) is 9.79. The van der Waals surface area contributed by atoms with Crippen LogP contribution >= 0.6 is 11.3 Å². The smallest absolute Gasteiger partial charge is 0.410 e. The largest absolute Gasteiger partial charge is 0.462 e. The van der Waals surface area contributed by atoms with Crippen molar-refractivity contribution in [3.8, 4) is 5.75 Å². The summed E-state index contributed by atoms with van der Waals surface area (Å²) >= 11 is 1.50. The molecule has 166 valence electrons. The number of anilines is 2. The first kappa shape index (κ1) is 21.5. The third-order valence-electron chi connectivity index (χ3n) is 5.37. The molecule has 0 saturated carbocycles. The number of carbonyl (C=O) groups is 1. The van der Waals surface area contributed by atoms with Crippen LogP contribution < -0.4 is 15.4 Å². The number of ether oxygens (including phenoxy) is 2. The molecule has 1 aromatic heterocycles. The van der Waals surface area contributed by atoms with Crippen molar-refractivity contribution in [2.45, 2.75) is 51.7 Å². The fourth-order valence-electron chi connectivity index (χ4n) is 3.93. The van der Waals surface area contributed by atoms with E-state index in [1.54, 1.807) is 4.90 Å². The van der Waals surface area contributed by atoms with E-state index in [0.717, 1.165) is 42.3 Å². The molecule has 4 rings (SSSR count). The topological polar surface area (TPSA) is 80.9 Å². The normalized spacial score (nSPS) is 19.3. The first-order valence-electron chi connectivity index (χ1n) is 10.7. The van der Waals surface area contributed by atoms with Gasteiger partial charge in [0, 0.05) is 37.1 Å². The van der Waals surface area contributed by atoms with Crippen LogP contribution in [0.15, 0.2) is 41.5 Å². The average Bonchev–Trinajstić information content (AvgIpc) is 3.37. The number of hydrogen-bond donors (Lipinski definition) is 1. The number of thiazole rings is 1. The van der Waals surface area contributed by atoms with Gasteiger partial charge >= 0.3 is 6.09 Å². The Morgan fingerprint density at radius 2 is 2.00 bits per heavy atom. The zero-order chi connectivity index (χ0) is 22.0. The molecule has 7 nitrogen and oxygen atoms in total. The number of carbonyl (C=O) groups excluding carboxylic acids is 1. The monoisotopic (exact) mass is 442 g/mol. The highest BCUT2D eigenvalue weighted by atomic mass is 32.1. The number of nitrogen functional groups attached to an aromatic ring is 1. The van der Waals surface area contributed by atoms with Gasteiger partial charge in [-0.2, -0.15) is 0 Å². The van der Waals surface area contributed by atoms with Crippen LogP contribution in [0.25, 0.3) is 0 Å². The van der Waals surface area contributed by atoms with Gasteiger partial charge in [-0.25, -0.2) is 9.78 Å². The maximum atomic E-state index is 12.2. The highest BCUT2D eigenvalue weighted by Crippen LogP contribution is 2.37. The number of amides is 1. The van der Waals surface area contributed by atoms with E-state index < -0.39 is 5.60 Å². The van der Waals surface area contributed by atoms with Crippen LogP contribution in [0.3, 0.4) is 0 Å². The fraction of sp³-hybridized carbons (Fsp3) is 0.478. The zero-order valence-corrected chi connectivity index (χ0v) is 19.2. The number of rotatable bonds is 4. The third kappa shape index (κ3) is 5.31. The van der Waals surface area contributed by atoms with Crippen LogP contribution in [-0.4, -0.2) is 41.2 Å². The number of aromatic nitrogens is 1. The molecule has 0 aliphatic carbocycles. The molecule has 1 amide bonds. The molecule has 1 atom stereocenters. The molecule has 1 aromatic carbocycles. The van der Waals surface area contributed by atoms with Gasteiger partial charge in [-0.15, -0.1) is 11.3 Å². The van der Waals surface area contributed by atoms with Crippen LogP contribution in [0.5, 0.6) is 5.75 Å². The number of hydrogen-bond acceptors (Lipinski definition) is 7. The highest BCUT2D eigenvalue weighted by molar-refractivity contribution is 7.13. The fourth-order valence-corrected chi connectivity index (χ4v) is 4.54. The minimum atomic E-state index is -0.486. The molecule has 8 heteroatoms. The minimum absolute atomic E-state index is 0.278. The summed E-state index contributed by atoms with van der Waals surface area (Å²) in [4.78, 5) is 20.8. The maximum absolute atomic E-state index is 12.2. The standard InChI is InChI=1S/C23H30N4O3S/c1-23(2,3)30-22(28)26-13-10-18(11-14-26)29-17-8-6-16(7-9-17)27-12-4-5-20(27)19-15-31-21(24)25-19/h6-10,15,20H,4-5,11-14H2,1-3H3,(H2,24,25)/t20-/m1/s1. The Hall–Kier alpha value is -2.74. The van der Waals surface area contributed by atoms with Crippen molar-refractivity contribution in [3.63, 3.8) is 0 Å². The Bertz CT molecular complexity index is 948. The van der Waals surface area contributed by atoms with Gasteiger partial charge in [0.25, 0.3) is 0 Å². The van der Waals surface area contributed by atoms with Crippen LogP contribution in [-0.2, 0) is 4.74 Å². The van der Waals surface area contributed by atoms with Crippen molar-refractivity contribution in [2.24, 2.45) is 0 Å². The Labute approximate surface area is 187 Å². The lowest BCUT2D eigenvalue weighted by molar-refractivity contribution is 0.0258. The third-order valence-corrected chi connectivity index (χ3v) is 6.06. The van der Waals surface area contributed by atoms with E-state index in [1.165, 1.54) is 11.3 Å². The quantitative estimate of drug-likeness (QED) is 0.720. The van der Waals surface area contributed by atoms with E-state index in [4.69, 9.17) is 15.2 Å². The van der Waals surface area contributed by atoms with Crippen molar-refractivity contribution >= 4 is 28.2 Å². The zero-order valence-electron chi connectivity index (χ0n) is 18.3. The maximum Gasteiger partial charge on any atom is 0.410 e. The number of nitrogens with zero attached hydrogens (tertiary/aromatic N) is 3. The summed E-state index contributed by atoms with van der Waals surface area (Å²) in [5.74, 6) is 1.68. The van der Waals surface area contributed by atoms with Crippen molar-refractivity contribution in [2.75, 3.05) is 30.3 Å². The first-order valence-corrected chi connectivity index (χ1v) is 11.6. The Kier molecular flexibility index (Phi) is 6.09. The Morgan fingerprint density at radius 3 is 2.61 bits per heavy atom. The van der Waals surface area contributed by atoms with Gasteiger partial charge < -0.3 is 25.0 Å². The first-order chi connectivity index (χ1) is 14.8. The van der Waals surface area contributed by atoms with Crippen LogP contribution in [0.4, 0.5) is 15.6 Å². The molecule has 1 fully saturated rings. The second-order valence-electron chi connectivity index (χ2n) is 8.90. The second kappa shape index (κ2) is 8.78. The molecule has 3 heterocycles. The summed E-state index contributed by atoms with van der Waals surface area (Å²) in [6, 6.07) is 8.47. The van der Waals surface area contributed by atoms with Gasteiger partial charge in [0.1, 0.15) is 17.1 Å². The molecule has 0 unspecified atom stereocenters. The van der Waals surface area contributed by atoms with E-state index in [1.807, 2.05) is 39.0 Å². The molecular formula is C23H30N4O3S. The van der Waals surface area contributed by atoms with E-state index in [0.29, 0.717) is 24.6 Å². The molecule has 0 spiro atoms. The SMILES string of the molecule is CC(C)(C)OC(=O)N1CC=C(Oc2ccc(N3CCC[C@@H]3c3csc(N)n3)cc2)CC1. The summed E-state index contributed by atoms with van der Waals surface area (Å²) in [6.07, 6.45) is 4.56. The lowest BCUT2D eigenvalue weighted by Crippen LogP contribution is -2.39. The number of benzene rings is 1. The van der Waals surface area contributed by atoms with Crippen molar-refractivity contribution < 1.29 is 14.3 Å². The van der Waals surface area contributed by atoms with Crippen molar-refractivity contribution in [1.82, 2.24) is 9.88 Å². The van der Waals surface area contributed by atoms with Crippen molar-refractivity contribution in [3.05, 3.63) is 47.2 Å². The average molecular weight is 443 g/mol. The van der Waals surface area contributed by atoms with Crippen molar-refractivity contribution in [1.29, 1.82) is 0 Å². The summed E-state index contributed by atoms with van der Waals surface area (Å²) in [6.45, 7) is 7.71. The minimum Gasteiger partial charge on any atom is -0.462 e. The van der Waals surface area contributed by atoms with E-state index >= 15 is 0 Å². The highest BCUT2D eigenvalue weighted by Gasteiger charge is 2.28. The lowest BCUT2D eigenvalue weighted by atomic mass is 10.1. The van der Waals surface area contributed by atoms with Gasteiger partial charge in [-0.3, -0.25) is 0 Å². The molecule has 31 heavy (non-hydrogen) atoms. The molecule has 0 bridgehead atoms. The van der Waals surface area contributed by atoms with Gasteiger partial charge in [0.05, 0.1) is 11.7 Å². The summed E-state index contributed by atoms with van der Waals surface area (Å²) in [5, 5.41) is 2.68. The predicted molar refractivity (Wildman–Crippen MR) is 123 cm³/mol. The molecule has 2 aromatic rings. The Morgan fingerprint density at radius 1 is 1.23 bits per heavy atom. The summed E-state index contributed by atoms with van der Waals surface area (Å²) in [7, 11) is 0. The van der Waals surface area contributed by atoms with Gasteiger partial charge in [0.15, 0.2) is 5.13 Å². The molecule has 0 radical (unpaired) electrons. The van der Waals surface area contributed by atoms with E-state index in [2.05, 4.69) is 27.4 Å². The molecule has 2 N–H and O–H groups in total. The van der Waals surface area contributed by atoms with E-state index in [9.17, 15) is 4.79 Å². The predicted octanol–water partition coefficient (Wildman–Crippen LogP) is 4.97.